The van der Waals surface area contributed by atoms with E-state index in [-0.39, 0.29) is 11.7 Å². The van der Waals surface area contributed by atoms with Crippen molar-refractivity contribution in [2.45, 2.75) is 19.3 Å². The number of phenolic OH excluding ortho intramolecular Hbond substituents is 1. The lowest BCUT2D eigenvalue weighted by Crippen LogP contribution is -2.05. The van der Waals surface area contributed by atoms with E-state index < -0.39 is 0 Å². The number of benzene rings is 1. The van der Waals surface area contributed by atoms with Crippen LogP contribution < -0.4 is 10.5 Å². The Labute approximate surface area is 98.4 Å². The largest absolute Gasteiger partial charge is 0.506 e. The Balaban J connectivity index is 3.06. The summed E-state index contributed by atoms with van der Waals surface area (Å²) in [4.78, 5) is 0. The van der Waals surface area contributed by atoms with Crippen LogP contribution in [0, 0.1) is 0 Å². The predicted octanol–water partition coefficient (Wildman–Crippen LogP) is 2.62. The van der Waals surface area contributed by atoms with Gasteiger partial charge >= 0.3 is 0 Å². The molecule has 0 spiro atoms. The van der Waals surface area contributed by atoms with Gasteiger partial charge in [-0.15, -0.1) is 0 Å². The van der Waals surface area contributed by atoms with E-state index in [9.17, 15) is 5.11 Å². The van der Waals surface area contributed by atoms with E-state index in [0.29, 0.717) is 16.8 Å². The smallest absolute Gasteiger partial charge is 0.136 e. The number of rotatable bonds is 4. The molecular weight excluding hydrogens is 258 g/mol. The van der Waals surface area contributed by atoms with E-state index in [1.807, 2.05) is 19.1 Å². The first-order valence-corrected chi connectivity index (χ1v) is 5.66. The first-order valence-electron chi connectivity index (χ1n) is 4.87. The molecule has 1 aromatic rings. The van der Waals surface area contributed by atoms with Gasteiger partial charge in [0.1, 0.15) is 16.0 Å². The number of hydrogen-bond acceptors (Lipinski definition) is 3. The second kappa shape index (κ2) is 5.37. The molecule has 0 radical (unpaired) electrons. The van der Waals surface area contributed by atoms with Crippen LogP contribution in [-0.2, 0) is 0 Å². The minimum atomic E-state index is 0.246. The molecule has 3 nitrogen and oxygen atoms in total. The zero-order chi connectivity index (χ0) is 11.4. The highest BCUT2D eigenvalue weighted by atomic mass is 79.9. The zero-order valence-corrected chi connectivity index (χ0v) is 10.5. The van der Waals surface area contributed by atoms with Gasteiger partial charge in [0, 0.05) is 0 Å². The van der Waals surface area contributed by atoms with Crippen molar-refractivity contribution in [2.75, 3.05) is 13.7 Å². The lowest BCUT2D eigenvalue weighted by atomic mass is 9.97. The Morgan fingerprint density at radius 1 is 1.53 bits per heavy atom. The molecule has 0 aliphatic rings. The number of nitrogens with two attached hydrogens (primary N) is 1. The molecule has 0 amide bonds. The van der Waals surface area contributed by atoms with Crippen molar-refractivity contribution in [3.63, 3.8) is 0 Å². The highest BCUT2D eigenvalue weighted by molar-refractivity contribution is 9.10. The van der Waals surface area contributed by atoms with E-state index >= 15 is 0 Å². The molecule has 0 aliphatic carbocycles. The van der Waals surface area contributed by atoms with Crippen LogP contribution in [0.5, 0.6) is 11.5 Å². The van der Waals surface area contributed by atoms with Crippen molar-refractivity contribution in [3.05, 3.63) is 22.2 Å². The van der Waals surface area contributed by atoms with Crippen molar-refractivity contribution < 1.29 is 9.84 Å². The number of hydrogen-bond donors (Lipinski definition) is 2. The molecule has 0 saturated carbocycles. The quantitative estimate of drug-likeness (QED) is 0.887. The number of phenols is 1. The highest BCUT2D eigenvalue weighted by Crippen LogP contribution is 2.39. The lowest BCUT2D eigenvalue weighted by Gasteiger charge is -2.15. The monoisotopic (exact) mass is 273 g/mol. The molecule has 1 aromatic carbocycles. The summed E-state index contributed by atoms with van der Waals surface area (Å²) in [7, 11) is 1.57. The van der Waals surface area contributed by atoms with Crippen LogP contribution in [0.15, 0.2) is 16.6 Å². The van der Waals surface area contributed by atoms with Crippen LogP contribution in [0.25, 0.3) is 0 Å². The summed E-state index contributed by atoms with van der Waals surface area (Å²) in [5, 5.41) is 9.94. The molecule has 4 heteroatoms. The topological polar surface area (TPSA) is 55.5 Å². The maximum Gasteiger partial charge on any atom is 0.136 e. The molecule has 0 fully saturated rings. The Kier molecular flexibility index (Phi) is 4.42. The minimum absolute atomic E-state index is 0.246. The van der Waals surface area contributed by atoms with Crippen LogP contribution in [0.3, 0.4) is 0 Å². The van der Waals surface area contributed by atoms with Gasteiger partial charge in [-0.3, -0.25) is 0 Å². The van der Waals surface area contributed by atoms with Gasteiger partial charge in [0.25, 0.3) is 0 Å². The Hall–Kier alpha value is -0.740. The van der Waals surface area contributed by atoms with Crippen molar-refractivity contribution >= 4 is 15.9 Å². The average molecular weight is 274 g/mol. The number of halogens is 1. The van der Waals surface area contributed by atoms with E-state index in [2.05, 4.69) is 15.9 Å². The molecule has 15 heavy (non-hydrogen) atoms. The van der Waals surface area contributed by atoms with E-state index in [1.54, 1.807) is 7.11 Å². The fourth-order valence-corrected chi connectivity index (χ4v) is 2.04. The average Bonchev–Trinajstić information content (AvgIpc) is 2.22. The molecule has 1 atom stereocenters. The summed E-state index contributed by atoms with van der Waals surface area (Å²) in [5.41, 5.74) is 6.39. The third kappa shape index (κ3) is 2.63. The first kappa shape index (κ1) is 12.3. The number of ether oxygens (including phenoxy) is 1. The molecule has 0 saturated heterocycles. The summed E-state index contributed by atoms with van der Waals surface area (Å²) in [6, 6.07) is 3.71. The Bertz CT molecular complexity index is 342. The van der Waals surface area contributed by atoms with Gasteiger partial charge in [0.05, 0.1) is 7.11 Å². The second-order valence-electron chi connectivity index (χ2n) is 3.50. The summed E-state index contributed by atoms with van der Waals surface area (Å²) in [6.45, 7) is 2.66. The second-order valence-corrected chi connectivity index (χ2v) is 4.29. The molecule has 0 aliphatic heterocycles. The number of aromatic hydroxyl groups is 1. The van der Waals surface area contributed by atoms with Crippen LogP contribution in [-0.4, -0.2) is 18.8 Å². The Morgan fingerprint density at radius 3 is 2.73 bits per heavy atom. The van der Waals surface area contributed by atoms with Crippen LogP contribution >= 0.6 is 15.9 Å². The third-order valence-electron chi connectivity index (χ3n) is 2.46. The van der Waals surface area contributed by atoms with E-state index in [4.69, 9.17) is 10.5 Å². The fraction of sp³-hybridized carbons (Fsp3) is 0.455. The van der Waals surface area contributed by atoms with Gasteiger partial charge in [0.2, 0.25) is 0 Å². The molecule has 0 aromatic heterocycles. The fourth-order valence-electron chi connectivity index (χ4n) is 1.52. The van der Waals surface area contributed by atoms with Crippen molar-refractivity contribution in [1.82, 2.24) is 0 Å². The van der Waals surface area contributed by atoms with Gasteiger partial charge in [-0.2, -0.15) is 0 Å². The lowest BCUT2D eigenvalue weighted by molar-refractivity contribution is 0.400. The Morgan fingerprint density at radius 2 is 2.20 bits per heavy atom. The maximum atomic E-state index is 9.94. The van der Waals surface area contributed by atoms with Crippen molar-refractivity contribution in [3.8, 4) is 11.5 Å². The zero-order valence-electron chi connectivity index (χ0n) is 8.96. The van der Waals surface area contributed by atoms with Gasteiger partial charge in [0.15, 0.2) is 0 Å². The SMILES string of the molecule is COc1ccc(C(C)CCN)c(O)c1Br. The summed E-state index contributed by atoms with van der Waals surface area (Å²) in [6.07, 6.45) is 0.854. The molecule has 1 rings (SSSR count). The maximum absolute atomic E-state index is 9.94. The minimum Gasteiger partial charge on any atom is -0.506 e. The highest BCUT2D eigenvalue weighted by Gasteiger charge is 2.15. The number of methoxy groups -OCH3 is 1. The van der Waals surface area contributed by atoms with Crippen molar-refractivity contribution in [2.24, 2.45) is 5.73 Å². The summed E-state index contributed by atoms with van der Waals surface area (Å²) >= 11 is 3.30. The third-order valence-corrected chi connectivity index (χ3v) is 3.23. The van der Waals surface area contributed by atoms with Gasteiger partial charge in [-0.25, -0.2) is 0 Å². The van der Waals surface area contributed by atoms with Crippen LogP contribution in [0.4, 0.5) is 0 Å². The summed E-state index contributed by atoms with van der Waals surface area (Å²) < 4.78 is 5.69. The van der Waals surface area contributed by atoms with Gasteiger partial charge < -0.3 is 15.6 Å². The molecule has 0 heterocycles. The molecule has 0 bridgehead atoms. The summed E-state index contributed by atoms with van der Waals surface area (Å²) in [5.74, 6) is 1.13. The predicted molar refractivity (Wildman–Crippen MR) is 64.4 cm³/mol. The normalized spacial score (nSPS) is 12.5. The van der Waals surface area contributed by atoms with Gasteiger partial charge in [-0.05, 0) is 46.4 Å². The van der Waals surface area contributed by atoms with E-state index in [1.165, 1.54) is 0 Å². The van der Waals surface area contributed by atoms with Gasteiger partial charge in [-0.1, -0.05) is 13.0 Å². The van der Waals surface area contributed by atoms with E-state index in [0.717, 1.165) is 12.0 Å². The molecule has 1 unspecified atom stereocenters. The molecule has 3 N–H and O–H groups in total. The van der Waals surface area contributed by atoms with Crippen LogP contribution in [0.1, 0.15) is 24.8 Å². The first-order chi connectivity index (χ1) is 7.11. The molecule has 84 valence electrons. The molecular formula is C11H16BrNO2. The van der Waals surface area contributed by atoms with Crippen molar-refractivity contribution in [1.29, 1.82) is 0 Å². The van der Waals surface area contributed by atoms with Crippen LogP contribution in [0.2, 0.25) is 0 Å². The standard InChI is InChI=1S/C11H16BrNO2/c1-7(5-6-13)8-3-4-9(15-2)10(12)11(8)14/h3-4,7,14H,5-6,13H2,1-2H3.